The molecule has 36 heavy (non-hydrogen) atoms. The van der Waals surface area contributed by atoms with Crippen LogP contribution >= 0.6 is 0 Å². The number of nitriles is 6. The molecule has 0 saturated carbocycles. The Hall–Kier alpha value is -5.40. The molecule has 0 radical (unpaired) electrons. The van der Waals surface area contributed by atoms with E-state index in [-0.39, 0.29) is 6.42 Å². The van der Waals surface area contributed by atoms with Crippen LogP contribution in [0.4, 0.5) is 0 Å². The number of rotatable bonds is 6. The smallest absolute Gasteiger partial charge is 0.150 e. The predicted molar refractivity (Wildman–Crippen MR) is 134 cm³/mol. The Morgan fingerprint density at radius 3 is 1.42 bits per heavy atom. The summed E-state index contributed by atoms with van der Waals surface area (Å²) in [6.45, 7) is 0. The standard InChI is InChI=1S/C30H18N6/c31-13-20(27(16-34)29(18-36)28(17-35)21(14-32)15-33)12-19-6-5-11-26-24-8-2-1-7-22(24)23-9-3-4-10-25(23)30(19)26/h1-11,20-21,27-29H,12H2. The minimum Gasteiger partial charge on any atom is -0.198 e. The molecule has 0 aliphatic heterocycles. The van der Waals surface area contributed by atoms with E-state index in [0.29, 0.717) is 0 Å². The highest BCUT2D eigenvalue weighted by molar-refractivity contribution is 6.26. The molecule has 0 fully saturated rings. The van der Waals surface area contributed by atoms with Crippen molar-refractivity contribution >= 4 is 32.3 Å². The highest BCUT2D eigenvalue weighted by atomic mass is 14.5. The largest absolute Gasteiger partial charge is 0.198 e. The fraction of sp³-hybridized carbons (Fsp3) is 0.200. The van der Waals surface area contributed by atoms with E-state index in [2.05, 4.69) is 24.3 Å². The van der Waals surface area contributed by atoms with Gasteiger partial charge >= 0.3 is 0 Å². The molecule has 0 bridgehead atoms. The first-order valence-electron chi connectivity index (χ1n) is 11.3. The molecule has 0 amide bonds. The molecule has 0 spiro atoms. The molecular formula is C30H18N6. The Bertz CT molecular complexity index is 1670. The fourth-order valence-electron chi connectivity index (χ4n) is 5.05. The van der Waals surface area contributed by atoms with Crippen molar-refractivity contribution in [3.8, 4) is 36.4 Å². The molecule has 4 rings (SSSR count). The van der Waals surface area contributed by atoms with E-state index in [1.807, 2.05) is 66.7 Å². The minimum absolute atomic E-state index is 0.175. The van der Waals surface area contributed by atoms with Crippen LogP contribution in [-0.2, 0) is 6.42 Å². The van der Waals surface area contributed by atoms with E-state index >= 15 is 0 Å². The minimum atomic E-state index is -1.37. The van der Waals surface area contributed by atoms with Crippen LogP contribution in [0.2, 0.25) is 0 Å². The van der Waals surface area contributed by atoms with Crippen molar-refractivity contribution in [3.63, 3.8) is 0 Å². The molecule has 4 unspecified atom stereocenters. The molecule has 4 aromatic rings. The zero-order valence-electron chi connectivity index (χ0n) is 19.1. The van der Waals surface area contributed by atoms with E-state index in [9.17, 15) is 31.6 Å². The predicted octanol–water partition coefficient (Wildman–Crippen LogP) is 5.91. The lowest BCUT2D eigenvalue weighted by atomic mass is 9.71. The van der Waals surface area contributed by atoms with Gasteiger partial charge in [0.1, 0.15) is 5.92 Å². The quantitative estimate of drug-likeness (QED) is 0.326. The second-order valence-corrected chi connectivity index (χ2v) is 8.57. The zero-order valence-corrected chi connectivity index (χ0v) is 19.1. The summed E-state index contributed by atoms with van der Waals surface area (Å²) in [5.41, 5.74) is 0.851. The number of nitrogens with zero attached hydrogens (tertiary/aromatic N) is 6. The van der Waals surface area contributed by atoms with E-state index in [4.69, 9.17) is 0 Å². The third kappa shape index (κ3) is 3.91. The Morgan fingerprint density at radius 2 is 0.944 bits per heavy atom. The maximum Gasteiger partial charge on any atom is 0.150 e. The fourth-order valence-corrected chi connectivity index (χ4v) is 5.05. The SMILES string of the molecule is N#CC(C#N)C(C#N)C(C#N)C(C#N)C(C#N)Cc1cccc2c3ccccc3c3ccccc3c12. The summed E-state index contributed by atoms with van der Waals surface area (Å²) in [7, 11) is 0. The molecule has 0 saturated heterocycles. The van der Waals surface area contributed by atoms with Gasteiger partial charge in [0.2, 0.25) is 0 Å². The molecule has 0 heterocycles. The lowest BCUT2D eigenvalue weighted by Crippen LogP contribution is -2.31. The normalized spacial score (nSPS) is 13.9. The van der Waals surface area contributed by atoms with Gasteiger partial charge in [-0.05, 0) is 44.3 Å². The van der Waals surface area contributed by atoms with Gasteiger partial charge in [0.25, 0.3) is 0 Å². The summed E-state index contributed by atoms with van der Waals surface area (Å²) in [5, 5.41) is 64.3. The Kier molecular flexibility index (Phi) is 6.76. The summed E-state index contributed by atoms with van der Waals surface area (Å²) < 4.78 is 0. The van der Waals surface area contributed by atoms with Gasteiger partial charge in [-0.3, -0.25) is 0 Å². The molecule has 6 nitrogen and oxygen atoms in total. The monoisotopic (exact) mass is 462 g/mol. The van der Waals surface area contributed by atoms with Crippen molar-refractivity contribution in [2.75, 3.05) is 0 Å². The van der Waals surface area contributed by atoms with Crippen LogP contribution in [0.1, 0.15) is 5.56 Å². The third-order valence-corrected chi connectivity index (χ3v) is 6.75. The summed E-state index contributed by atoms with van der Waals surface area (Å²) in [6, 6.07) is 33.5. The molecule has 0 aromatic heterocycles. The van der Waals surface area contributed by atoms with Crippen LogP contribution in [0.5, 0.6) is 0 Å². The number of fused-ring (bicyclic) bond motifs is 6. The molecule has 0 aliphatic carbocycles. The van der Waals surface area contributed by atoms with Crippen LogP contribution in [0.15, 0.2) is 66.7 Å². The molecule has 168 valence electrons. The molecule has 6 heteroatoms. The van der Waals surface area contributed by atoms with Gasteiger partial charge in [-0.1, -0.05) is 66.7 Å². The first kappa shape index (κ1) is 23.7. The second-order valence-electron chi connectivity index (χ2n) is 8.57. The van der Waals surface area contributed by atoms with Crippen molar-refractivity contribution in [1.82, 2.24) is 0 Å². The highest BCUT2D eigenvalue weighted by Crippen LogP contribution is 2.39. The van der Waals surface area contributed by atoms with Gasteiger partial charge in [0.15, 0.2) is 0 Å². The molecule has 0 N–H and O–H groups in total. The van der Waals surface area contributed by atoms with Gasteiger partial charge in [0.05, 0.1) is 60.1 Å². The first-order valence-corrected chi connectivity index (χ1v) is 11.3. The second kappa shape index (κ2) is 10.3. The van der Waals surface area contributed by atoms with Crippen molar-refractivity contribution in [3.05, 3.63) is 72.3 Å². The summed E-state index contributed by atoms with van der Waals surface area (Å²) in [5.74, 6) is -6.02. The van der Waals surface area contributed by atoms with Gasteiger partial charge in [-0.15, -0.1) is 0 Å². The average molecular weight is 463 g/mol. The highest BCUT2D eigenvalue weighted by Gasteiger charge is 2.40. The number of hydrogen-bond acceptors (Lipinski definition) is 6. The topological polar surface area (TPSA) is 143 Å². The van der Waals surface area contributed by atoms with Gasteiger partial charge in [-0.2, -0.15) is 31.6 Å². The molecule has 0 aliphatic rings. The third-order valence-electron chi connectivity index (χ3n) is 6.75. The zero-order chi connectivity index (χ0) is 25.7. The number of benzene rings is 4. The maximum absolute atomic E-state index is 10.1. The molecule has 4 atom stereocenters. The van der Waals surface area contributed by atoms with Crippen LogP contribution in [0.3, 0.4) is 0 Å². The summed E-state index contributed by atoms with van der Waals surface area (Å²) >= 11 is 0. The van der Waals surface area contributed by atoms with E-state index in [1.165, 1.54) is 0 Å². The first-order chi connectivity index (χ1) is 17.6. The van der Waals surface area contributed by atoms with E-state index < -0.39 is 29.6 Å². The summed E-state index contributed by atoms with van der Waals surface area (Å²) in [6.07, 6.45) is 0.175. The van der Waals surface area contributed by atoms with E-state index in [0.717, 1.165) is 37.9 Å². The number of hydrogen-bond donors (Lipinski definition) is 0. The van der Waals surface area contributed by atoms with Crippen LogP contribution in [-0.4, -0.2) is 0 Å². The Morgan fingerprint density at radius 1 is 0.472 bits per heavy atom. The van der Waals surface area contributed by atoms with Crippen molar-refractivity contribution in [1.29, 1.82) is 31.6 Å². The Balaban J connectivity index is 1.88. The molecule has 4 aromatic carbocycles. The van der Waals surface area contributed by atoms with Gasteiger partial charge < -0.3 is 0 Å². The van der Waals surface area contributed by atoms with Crippen molar-refractivity contribution in [2.45, 2.75) is 6.42 Å². The van der Waals surface area contributed by atoms with Crippen molar-refractivity contribution < 1.29 is 0 Å². The van der Waals surface area contributed by atoms with E-state index in [1.54, 1.807) is 12.1 Å². The van der Waals surface area contributed by atoms with Crippen molar-refractivity contribution in [2.24, 2.45) is 29.6 Å². The van der Waals surface area contributed by atoms with Crippen LogP contribution in [0.25, 0.3) is 32.3 Å². The lowest BCUT2D eigenvalue weighted by Gasteiger charge is -2.24. The van der Waals surface area contributed by atoms with Gasteiger partial charge in [0, 0.05) is 0 Å². The van der Waals surface area contributed by atoms with Crippen LogP contribution in [0, 0.1) is 97.6 Å². The molecular weight excluding hydrogens is 444 g/mol. The summed E-state index contributed by atoms with van der Waals surface area (Å²) in [4.78, 5) is 0. The van der Waals surface area contributed by atoms with Gasteiger partial charge in [-0.25, -0.2) is 0 Å². The average Bonchev–Trinajstić information content (AvgIpc) is 2.94. The maximum atomic E-state index is 10.1. The Labute approximate surface area is 208 Å². The van der Waals surface area contributed by atoms with Crippen LogP contribution < -0.4 is 0 Å². The lowest BCUT2D eigenvalue weighted by molar-refractivity contribution is 0.312.